The fourth-order valence-corrected chi connectivity index (χ4v) is 3.71. The number of H-pyrrole nitrogens is 1. The summed E-state index contributed by atoms with van der Waals surface area (Å²) in [5, 5.41) is 6.44. The van der Waals surface area contributed by atoms with E-state index < -0.39 is 5.97 Å². The maximum atomic E-state index is 12.6. The molecule has 1 aliphatic rings. The van der Waals surface area contributed by atoms with E-state index in [1.165, 1.54) is 39.2 Å². The lowest BCUT2D eigenvalue weighted by atomic mass is 9.95. The first-order valence-corrected chi connectivity index (χ1v) is 9.45. The minimum Gasteiger partial charge on any atom is -0.465 e. The number of anilines is 2. The molecule has 3 rings (SSSR count). The number of aromatic nitrogens is 1. The third kappa shape index (κ3) is 4.32. The van der Waals surface area contributed by atoms with Crippen molar-refractivity contribution in [3.8, 4) is 0 Å². The molecule has 1 amide bonds. The summed E-state index contributed by atoms with van der Waals surface area (Å²) in [6, 6.07) is 8.28. The van der Waals surface area contributed by atoms with Crippen molar-refractivity contribution in [2.24, 2.45) is 0 Å². The monoisotopic (exact) mass is 369 g/mol. The molecule has 0 saturated heterocycles. The molecule has 6 heteroatoms. The van der Waals surface area contributed by atoms with Gasteiger partial charge in [-0.25, -0.2) is 4.79 Å². The summed E-state index contributed by atoms with van der Waals surface area (Å²) in [6.45, 7) is 3.49. The van der Waals surface area contributed by atoms with Gasteiger partial charge in [0.25, 0.3) is 5.91 Å². The molecule has 0 bridgehead atoms. The van der Waals surface area contributed by atoms with Gasteiger partial charge in [0.2, 0.25) is 0 Å². The zero-order valence-corrected chi connectivity index (χ0v) is 16.1. The van der Waals surface area contributed by atoms with E-state index in [0.717, 1.165) is 5.69 Å². The molecule has 1 aromatic carbocycles. The van der Waals surface area contributed by atoms with Gasteiger partial charge in [0.05, 0.1) is 12.7 Å². The Morgan fingerprint density at radius 2 is 1.67 bits per heavy atom. The Hall–Kier alpha value is -2.76. The number of amides is 1. The molecule has 1 aromatic heterocycles. The first kappa shape index (κ1) is 19.0. The number of hydrogen-bond donors (Lipinski definition) is 3. The normalized spacial score (nSPS) is 14.6. The Balaban J connectivity index is 1.66. The third-order valence-electron chi connectivity index (χ3n) is 5.17. The van der Waals surface area contributed by atoms with Crippen LogP contribution in [0.2, 0.25) is 0 Å². The predicted octanol–water partition coefficient (Wildman–Crippen LogP) is 4.42. The Labute approximate surface area is 159 Å². The van der Waals surface area contributed by atoms with Gasteiger partial charge in [0.15, 0.2) is 0 Å². The van der Waals surface area contributed by atoms with Crippen molar-refractivity contribution in [3.05, 3.63) is 46.8 Å². The van der Waals surface area contributed by atoms with Crippen molar-refractivity contribution < 1.29 is 14.3 Å². The number of rotatable bonds is 5. The number of methoxy groups -OCH3 is 1. The molecule has 0 aliphatic heterocycles. The van der Waals surface area contributed by atoms with Crippen LogP contribution in [0, 0.1) is 13.8 Å². The van der Waals surface area contributed by atoms with Crippen molar-refractivity contribution in [1.82, 2.24) is 4.98 Å². The summed E-state index contributed by atoms with van der Waals surface area (Å²) in [5.41, 5.74) is 3.77. The molecule has 3 N–H and O–H groups in total. The van der Waals surface area contributed by atoms with Crippen molar-refractivity contribution in [2.75, 3.05) is 17.7 Å². The lowest BCUT2D eigenvalue weighted by molar-refractivity contribution is 0.0599. The van der Waals surface area contributed by atoms with Crippen molar-refractivity contribution in [1.29, 1.82) is 0 Å². The van der Waals surface area contributed by atoms with Crippen LogP contribution in [-0.4, -0.2) is 30.0 Å². The van der Waals surface area contributed by atoms with Gasteiger partial charge in [0.1, 0.15) is 5.69 Å². The summed E-state index contributed by atoms with van der Waals surface area (Å²) in [6.07, 6.45) is 6.33. The summed E-state index contributed by atoms with van der Waals surface area (Å²) in [5.74, 6) is -0.725. The number of carbonyl (C=O) groups is 2. The molecular weight excluding hydrogens is 342 g/mol. The zero-order valence-electron chi connectivity index (χ0n) is 16.1. The quantitative estimate of drug-likeness (QED) is 0.682. The van der Waals surface area contributed by atoms with Crippen LogP contribution in [0.3, 0.4) is 0 Å². The molecule has 2 aromatic rings. The lowest BCUT2D eigenvalue weighted by Crippen LogP contribution is -2.22. The number of benzene rings is 1. The Bertz CT molecular complexity index is 818. The average molecular weight is 369 g/mol. The van der Waals surface area contributed by atoms with Crippen LogP contribution in [0.15, 0.2) is 24.3 Å². The first-order chi connectivity index (χ1) is 13.0. The largest absolute Gasteiger partial charge is 0.465 e. The minimum absolute atomic E-state index is 0.279. The molecule has 0 atom stereocenters. The van der Waals surface area contributed by atoms with E-state index in [9.17, 15) is 9.59 Å². The molecular formula is C21H27N3O3. The Morgan fingerprint density at radius 3 is 2.30 bits per heavy atom. The van der Waals surface area contributed by atoms with Gasteiger partial charge in [-0.05, 0) is 56.5 Å². The first-order valence-electron chi connectivity index (χ1n) is 9.45. The third-order valence-corrected chi connectivity index (χ3v) is 5.17. The molecule has 6 nitrogen and oxygen atoms in total. The predicted molar refractivity (Wildman–Crippen MR) is 106 cm³/mol. The maximum Gasteiger partial charge on any atom is 0.339 e. The van der Waals surface area contributed by atoms with E-state index in [1.54, 1.807) is 13.8 Å². The van der Waals surface area contributed by atoms with Crippen LogP contribution >= 0.6 is 0 Å². The van der Waals surface area contributed by atoms with Gasteiger partial charge in [-0.2, -0.15) is 0 Å². The Morgan fingerprint density at radius 1 is 1.04 bits per heavy atom. The highest BCUT2D eigenvalue weighted by Crippen LogP contribution is 2.23. The summed E-state index contributed by atoms with van der Waals surface area (Å²) >= 11 is 0. The van der Waals surface area contributed by atoms with Gasteiger partial charge < -0.3 is 20.4 Å². The van der Waals surface area contributed by atoms with Crippen molar-refractivity contribution >= 4 is 23.3 Å². The average Bonchev–Trinajstić information content (AvgIpc) is 2.98. The topological polar surface area (TPSA) is 83.2 Å². The Kier molecular flexibility index (Phi) is 5.84. The van der Waals surface area contributed by atoms with Crippen LogP contribution < -0.4 is 10.6 Å². The number of nitrogens with one attached hydrogen (secondary N) is 3. The van der Waals surface area contributed by atoms with Crippen molar-refractivity contribution in [3.63, 3.8) is 0 Å². The van der Waals surface area contributed by atoms with Gasteiger partial charge >= 0.3 is 5.97 Å². The second-order valence-corrected chi connectivity index (χ2v) is 7.13. The molecule has 144 valence electrons. The van der Waals surface area contributed by atoms with Crippen LogP contribution in [-0.2, 0) is 4.74 Å². The second kappa shape index (κ2) is 8.29. The highest BCUT2D eigenvalue weighted by atomic mass is 16.5. The molecule has 1 aliphatic carbocycles. The fraction of sp³-hybridized carbons (Fsp3) is 0.429. The standard InChI is InChI=1S/C21H27N3O3/c1-13-18(21(26)27-3)14(2)22-19(13)20(25)24-17-11-9-16(10-12-17)23-15-7-5-4-6-8-15/h9-12,15,22-23H,4-8H2,1-3H3,(H,24,25). The molecule has 1 fully saturated rings. The molecule has 0 spiro atoms. The fourth-order valence-electron chi connectivity index (χ4n) is 3.71. The van der Waals surface area contributed by atoms with E-state index in [1.807, 2.05) is 24.3 Å². The highest BCUT2D eigenvalue weighted by Gasteiger charge is 2.22. The van der Waals surface area contributed by atoms with E-state index in [2.05, 4.69) is 15.6 Å². The van der Waals surface area contributed by atoms with Gasteiger partial charge in [-0.1, -0.05) is 19.3 Å². The van der Waals surface area contributed by atoms with Crippen LogP contribution in [0.25, 0.3) is 0 Å². The molecule has 0 unspecified atom stereocenters. The van der Waals surface area contributed by atoms with E-state index in [-0.39, 0.29) is 5.91 Å². The SMILES string of the molecule is COC(=O)c1c(C)[nH]c(C(=O)Nc2ccc(NC3CCCCC3)cc2)c1C. The molecule has 1 heterocycles. The zero-order chi connectivity index (χ0) is 19.4. The number of carbonyl (C=O) groups excluding carboxylic acids is 2. The van der Waals surface area contributed by atoms with Gasteiger partial charge in [-0.3, -0.25) is 4.79 Å². The van der Waals surface area contributed by atoms with E-state index >= 15 is 0 Å². The summed E-state index contributed by atoms with van der Waals surface area (Å²) < 4.78 is 4.79. The van der Waals surface area contributed by atoms with Gasteiger partial charge in [-0.15, -0.1) is 0 Å². The number of aryl methyl sites for hydroxylation is 1. The van der Waals surface area contributed by atoms with Crippen molar-refractivity contribution in [2.45, 2.75) is 52.0 Å². The van der Waals surface area contributed by atoms with Crippen LogP contribution in [0.4, 0.5) is 11.4 Å². The number of hydrogen-bond acceptors (Lipinski definition) is 4. The summed E-state index contributed by atoms with van der Waals surface area (Å²) in [7, 11) is 1.33. The summed E-state index contributed by atoms with van der Waals surface area (Å²) in [4.78, 5) is 27.5. The minimum atomic E-state index is -0.446. The second-order valence-electron chi connectivity index (χ2n) is 7.13. The smallest absolute Gasteiger partial charge is 0.339 e. The number of esters is 1. The number of aromatic amines is 1. The van der Waals surface area contributed by atoms with E-state index in [0.29, 0.717) is 34.2 Å². The van der Waals surface area contributed by atoms with E-state index in [4.69, 9.17) is 4.74 Å². The molecule has 1 saturated carbocycles. The van der Waals surface area contributed by atoms with Crippen LogP contribution in [0.1, 0.15) is 64.2 Å². The highest BCUT2D eigenvalue weighted by molar-refractivity contribution is 6.06. The van der Waals surface area contributed by atoms with Gasteiger partial charge in [0, 0.05) is 23.1 Å². The molecule has 27 heavy (non-hydrogen) atoms. The van der Waals surface area contributed by atoms with Crippen LogP contribution in [0.5, 0.6) is 0 Å². The maximum absolute atomic E-state index is 12.6. The number of ether oxygens (including phenoxy) is 1. The molecule has 0 radical (unpaired) electrons. The lowest BCUT2D eigenvalue weighted by Gasteiger charge is -2.23.